The molecule has 3 fully saturated rings. The van der Waals surface area contributed by atoms with Gasteiger partial charge in [0, 0.05) is 45.6 Å². The molecule has 3 aliphatic heterocycles. The topological polar surface area (TPSA) is 78.0 Å². The number of amides is 2. The molecule has 0 aliphatic carbocycles. The lowest BCUT2D eigenvalue weighted by Gasteiger charge is -2.47. The van der Waals surface area contributed by atoms with Crippen molar-refractivity contribution in [1.29, 1.82) is 0 Å². The van der Waals surface area contributed by atoms with Gasteiger partial charge in [-0.05, 0) is 50.8 Å². The number of nitrogens with zero attached hydrogens (tertiary/aromatic N) is 3. The zero-order valence-corrected chi connectivity index (χ0v) is 19.0. The second kappa shape index (κ2) is 7.34. The third-order valence-corrected chi connectivity index (χ3v) is 9.48. The number of sulfonamides is 1. The summed E-state index contributed by atoms with van der Waals surface area (Å²) in [5, 5.41) is 0. The second-order valence-electron chi connectivity index (χ2n) is 9.00. The molecule has 0 aromatic heterocycles. The molecule has 3 saturated heterocycles. The summed E-state index contributed by atoms with van der Waals surface area (Å²) < 4.78 is 28.3. The predicted molar refractivity (Wildman–Crippen MR) is 113 cm³/mol. The van der Waals surface area contributed by atoms with Crippen LogP contribution in [0.4, 0.5) is 0 Å². The van der Waals surface area contributed by atoms with E-state index in [-0.39, 0.29) is 29.2 Å². The molecule has 2 amide bonds. The van der Waals surface area contributed by atoms with Gasteiger partial charge in [0.1, 0.15) is 0 Å². The molecule has 4 rings (SSSR count). The summed E-state index contributed by atoms with van der Waals surface area (Å²) in [6.45, 7) is 9.74. The van der Waals surface area contributed by atoms with Crippen LogP contribution in [0.2, 0.25) is 0 Å². The van der Waals surface area contributed by atoms with E-state index in [0.29, 0.717) is 50.5 Å². The highest BCUT2D eigenvalue weighted by atomic mass is 32.2. The first-order valence-corrected chi connectivity index (χ1v) is 12.2. The largest absolute Gasteiger partial charge is 0.342 e. The molecule has 3 aliphatic rings. The van der Waals surface area contributed by atoms with Crippen LogP contribution >= 0.6 is 0 Å². The minimum absolute atomic E-state index is 0.00494. The molecule has 1 spiro atoms. The number of carbonyl (C=O) groups excluding carboxylic acids is 2. The molecule has 1 aromatic carbocycles. The minimum Gasteiger partial charge on any atom is -0.342 e. The highest BCUT2D eigenvalue weighted by Crippen LogP contribution is 2.50. The maximum atomic E-state index is 13.3. The summed E-state index contributed by atoms with van der Waals surface area (Å²) >= 11 is 0. The Hall–Kier alpha value is -1.93. The third kappa shape index (κ3) is 3.07. The van der Waals surface area contributed by atoms with Gasteiger partial charge < -0.3 is 9.80 Å². The number of hydrogen-bond donors (Lipinski definition) is 0. The first-order chi connectivity index (χ1) is 14.1. The van der Waals surface area contributed by atoms with E-state index in [4.69, 9.17) is 0 Å². The molecule has 0 unspecified atom stereocenters. The molecule has 1 aromatic rings. The van der Waals surface area contributed by atoms with Crippen LogP contribution in [0.25, 0.3) is 0 Å². The van der Waals surface area contributed by atoms with Gasteiger partial charge in [0.25, 0.3) is 0 Å². The van der Waals surface area contributed by atoms with Gasteiger partial charge in [0.2, 0.25) is 21.8 Å². The quantitative estimate of drug-likeness (QED) is 0.728. The van der Waals surface area contributed by atoms with Crippen molar-refractivity contribution in [2.75, 3.05) is 32.7 Å². The summed E-state index contributed by atoms with van der Waals surface area (Å²) in [4.78, 5) is 29.1. The molecule has 2 atom stereocenters. The lowest BCUT2D eigenvalue weighted by Crippen LogP contribution is -2.57. The van der Waals surface area contributed by atoms with E-state index in [1.807, 2.05) is 37.8 Å². The number of fused-ring (bicyclic) bond motifs is 2. The van der Waals surface area contributed by atoms with Crippen LogP contribution in [0.1, 0.15) is 37.8 Å². The Kier molecular flexibility index (Phi) is 5.21. The smallest absolute Gasteiger partial charge is 0.243 e. The van der Waals surface area contributed by atoms with E-state index >= 15 is 0 Å². The maximum Gasteiger partial charge on any atom is 0.243 e. The molecule has 0 bridgehead atoms. The summed E-state index contributed by atoms with van der Waals surface area (Å²) in [7, 11) is -3.58. The Morgan fingerprint density at radius 2 is 1.83 bits per heavy atom. The van der Waals surface area contributed by atoms with Crippen molar-refractivity contribution in [3.63, 3.8) is 0 Å². The van der Waals surface area contributed by atoms with Crippen molar-refractivity contribution in [3.8, 4) is 0 Å². The van der Waals surface area contributed by atoms with Gasteiger partial charge in [-0.25, -0.2) is 8.42 Å². The Balaban J connectivity index is 1.60. The standard InChI is InChI=1S/C22H31N3O4S/c1-5-25-21(27)18-13-23(17(4)26)14-19(18)22(25)8-10-24(11-9-22)30(28,29)20-12-15(2)6-7-16(20)3/h6-7,12,18-19H,5,8-11,13-14H2,1-4H3/t18-,19+/m1/s1. The van der Waals surface area contributed by atoms with Crippen LogP contribution < -0.4 is 0 Å². The Bertz CT molecular complexity index is 982. The molecule has 3 heterocycles. The molecule has 0 saturated carbocycles. The van der Waals surface area contributed by atoms with Crippen LogP contribution in [-0.2, 0) is 19.6 Å². The zero-order valence-electron chi connectivity index (χ0n) is 18.2. The van der Waals surface area contributed by atoms with Crippen molar-refractivity contribution < 1.29 is 18.0 Å². The molecule has 30 heavy (non-hydrogen) atoms. The third-order valence-electron chi connectivity index (χ3n) is 7.44. The molecule has 8 heteroatoms. The van der Waals surface area contributed by atoms with Crippen molar-refractivity contribution in [3.05, 3.63) is 29.3 Å². The fourth-order valence-corrected chi connectivity index (χ4v) is 7.58. The highest BCUT2D eigenvalue weighted by molar-refractivity contribution is 7.89. The van der Waals surface area contributed by atoms with E-state index in [1.54, 1.807) is 22.2 Å². The Labute approximate surface area is 179 Å². The lowest BCUT2D eigenvalue weighted by atomic mass is 9.75. The first kappa shape index (κ1) is 21.3. The summed E-state index contributed by atoms with van der Waals surface area (Å²) in [6, 6.07) is 5.51. The number of carbonyl (C=O) groups is 2. The number of rotatable bonds is 3. The predicted octanol–water partition coefficient (Wildman–Crippen LogP) is 1.78. The van der Waals surface area contributed by atoms with Crippen LogP contribution in [0.15, 0.2) is 23.1 Å². The van der Waals surface area contributed by atoms with Crippen LogP contribution in [-0.4, -0.2) is 72.6 Å². The number of benzene rings is 1. The number of hydrogen-bond acceptors (Lipinski definition) is 4. The lowest BCUT2D eigenvalue weighted by molar-refractivity contribution is -0.136. The van der Waals surface area contributed by atoms with Crippen LogP contribution in [0, 0.1) is 25.7 Å². The van der Waals surface area contributed by atoms with E-state index in [9.17, 15) is 18.0 Å². The molecular formula is C22H31N3O4S. The molecule has 7 nitrogen and oxygen atoms in total. The van der Waals surface area contributed by atoms with E-state index in [1.165, 1.54) is 0 Å². The summed E-state index contributed by atoms with van der Waals surface area (Å²) in [5.41, 5.74) is 1.32. The van der Waals surface area contributed by atoms with E-state index in [2.05, 4.69) is 0 Å². The molecular weight excluding hydrogens is 402 g/mol. The van der Waals surface area contributed by atoms with Crippen molar-refractivity contribution in [2.24, 2.45) is 11.8 Å². The average molecular weight is 434 g/mol. The van der Waals surface area contributed by atoms with Crippen molar-refractivity contribution >= 4 is 21.8 Å². The van der Waals surface area contributed by atoms with E-state index < -0.39 is 10.0 Å². The normalized spacial score (nSPS) is 26.5. The number of aryl methyl sites for hydroxylation is 2. The van der Waals surface area contributed by atoms with Gasteiger partial charge in [-0.3, -0.25) is 9.59 Å². The van der Waals surface area contributed by atoms with Gasteiger partial charge in [0.05, 0.1) is 16.4 Å². The highest BCUT2D eigenvalue weighted by Gasteiger charge is 2.61. The summed E-state index contributed by atoms with van der Waals surface area (Å²) in [6.07, 6.45) is 1.23. The fourth-order valence-electron chi connectivity index (χ4n) is 5.82. The van der Waals surface area contributed by atoms with Gasteiger partial charge in [0.15, 0.2) is 0 Å². The first-order valence-electron chi connectivity index (χ1n) is 10.8. The molecule has 0 radical (unpaired) electrons. The van der Waals surface area contributed by atoms with Gasteiger partial charge in [-0.2, -0.15) is 4.31 Å². The number of piperidine rings is 1. The summed E-state index contributed by atoms with van der Waals surface area (Å²) in [5.74, 6) is 0.0536. The second-order valence-corrected chi connectivity index (χ2v) is 10.9. The van der Waals surface area contributed by atoms with Gasteiger partial charge >= 0.3 is 0 Å². The Morgan fingerprint density at radius 3 is 2.43 bits per heavy atom. The SMILES string of the molecule is CCN1C(=O)[C@@H]2CN(C(C)=O)C[C@@H]2C12CCN(S(=O)(=O)c1cc(C)ccc1C)CC2. The van der Waals surface area contributed by atoms with Gasteiger partial charge in [-0.15, -0.1) is 0 Å². The monoisotopic (exact) mass is 433 g/mol. The molecule has 0 N–H and O–H groups in total. The minimum atomic E-state index is -3.58. The number of likely N-dealkylation sites (tertiary alicyclic amines) is 2. The Morgan fingerprint density at radius 1 is 1.17 bits per heavy atom. The maximum absolute atomic E-state index is 13.3. The molecule has 164 valence electrons. The fraction of sp³-hybridized carbons (Fsp3) is 0.636. The van der Waals surface area contributed by atoms with E-state index in [0.717, 1.165) is 11.1 Å². The zero-order chi connectivity index (χ0) is 21.8. The average Bonchev–Trinajstić information content (AvgIpc) is 3.24. The van der Waals surface area contributed by atoms with Crippen molar-refractivity contribution in [2.45, 2.75) is 51.0 Å². The van der Waals surface area contributed by atoms with Gasteiger partial charge in [-0.1, -0.05) is 12.1 Å². The van der Waals surface area contributed by atoms with Crippen LogP contribution in [0.5, 0.6) is 0 Å². The van der Waals surface area contributed by atoms with Crippen LogP contribution in [0.3, 0.4) is 0 Å². The van der Waals surface area contributed by atoms with Crippen molar-refractivity contribution in [1.82, 2.24) is 14.1 Å².